The third-order valence-electron chi connectivity index (χ3n) is 3.88. The largest absolute Gasteiger partial charge is 0.452 e. The molecule has 0 heterocycles. The predicted octanol–water partition coefficient (Wildman–Crippen LogP) is 3.72. The number of benzene rings is 2. The highest BCUT2D eigenvalue weighted by Gasteiger charge is 2.18. The zero-order chi connectivity index (χ0) is 17.7. The summed E-state index contributed by atoms with van der Waals surface area (Å²) in [7, 11) is 0. The number of rotatable bonds is 5. The first-order valence-electron chi connectivity index (χ1n) is 7.98. The summed E-state index contributed by atoms with van der Waals surface area (Å²) >= 11 is 0. The van der Waals surface area contributed by atoms with Crippen molar-refractivity contribution in [2.24, 2.45) is 0 Å². The molecule has 24 heavy (non-hydrogen) atoms. The standard InChI is InChI=1S/C20H23NO3/c1-13-6-5-7-18(10-13)21-20(23)16(4)24-19(22)12-17-9-8-14(2)15(3)11-17/h5-11,16H,12H2,1-4H3,(H,21,23). The van der Waals surface area contributed by atoms with Gasteiger partial charge < -0.3 is 10.1 Å². The van der Waals surface area contributed by atoms with Crippen molar-refractivity contribution in [1.82, 2.24) is 0 Å². The quantitative estimate of drug-likeness (QED) is 0.852. The summed E-state index contributed by atoms with van der Waals surface area (Å²) in [5.41, 5.74) is 4.93. The molecule has 126 valence electrons. The van der Waals surface area contributed by atoms with Crippen molar-refractivity contribution in [3.63, 3.8) is 0 Å². The number of anilines is 1. The van der Waals surface area contributed by atoms with Crippen LogP contribution in [0.5, 0.6) is 0 Å². The lowest BCUT2D eigenvalue weighted by Gasteiger charge is -2.14. The summed E-state index contributed by atoms with van der Waals surface area (Å²) in [5, 5.41) is 2.75. The maximum absolute atomic E-state index is 12.1. The van der Waals surface area contributed by atoms with Crippen LogP contribution in [0.1, 0.15) is 29.2 Å². The smallest absolute Gasteiger partial charge is 0.311 e. The molecule has 0 spiro atoms. The number of hydrogen-bond acceptors (Lipinski definition) is 3. The lowest BCUT2D eigenvalue weighted by atomic mass is 10.0. The second-order valence-corrected chi connectivity index (χ2v) is 6.09. The molecule has 0 saturated carbocycles. The molecule has 0 aliphatic heterocycles. The molecule has 1 N–H and O–H groups in total. The highest BCUT2D eigenvalue weighted by atomic mass is 16.5. The van der Waals surface area contributed by atoms with Crippen LogP contribution in [0.3, 0.4) is 0 Å². The van der Waals surface area contributed by atoms with E-state index in [1.54, 1.807) is 13.0 Å². The van der Waals surface area contributed by atoms with Crippen LogP contribution in [0.2, 0.25) is 0 Å². The molecule has 0 aliphatic carbocycles. The normalized spacial score (nSPS) is 11.7. The van der Waals surface area contributed by atoms with Gasteiger partial charge in [0.15, 0.2) is 6.10 Å². The first-order valence-corrected chi connectivity index (χ1v) is 7.98. The third-order valence-corrected chi connectivity index (χ3v) is 3.88. The maximum atomic E-state index is 12.1. The van der Waals surface area contributed by atoms with Gasteiger partial charge in [0.05, 0.1) is 6.42 Å². The van der Waals surface area contributed by atoms with E-state index in [1.165, 1.54) is 5.56 Å². The SMILES string of the molecule is Cc1cccc(NC(=O)C(C)OC(=O)Cc2ccc(C)c(C)c2)c1. The zero-order valence-electron chi connectivity index (χ0n) is 14.6. The minimum Gasteiger partial charge on any atom is -0.452 e. The molecule has 1 amide bonds. The summed E-state index contributed by atoms with van der Waals surface area (Å²) in [6.07, 6.45) is -0.687. The van der Waals surface area contributed by atoms with E-state index in [4.69, 9.17) is 4.74 Å². The molecule has 0 fully saturated rings. The highest BCUT2D eigenvalue weighted by Crippen LogP contribution is 2.13. The van der Waals surface area contributed by atoms with Gasteiger partial charge >= 0.3 is 5.97 Å². The van der Waals surface area contributed by atoms with E-state index in [0.29, 0.717) is 5.69 Å². The summed E-state index contributed by atoms with van der Waals surface area (Å²) in [6, 6.07) is 13.3. The van der Waals surface area contributed by atoms with Crippen LogP contribution >= 0.6 is 0 Å². The molecule has 2 rings (SSSR count). The molecule has 0 aromatic heterocycles. The number of carbonyl (C=O) groups is 2. The molecule has 0 saturated heterocycles. The van der Waals surface area contributed by atoms with Crippen molar-refractivity contribution >= 4 is 17.6 Å². The third kappa shape index (κ3) is 4.95. The fourth-order valence-electron chi connectivity index (χ4n) is 2.34. The van der Waals surface area contributed by atoms with E-state index < -0.39 is 12.1 Å². The second kappa shape index (κ2) is 7.77. The molecule has 4 heteroatoms. The van der Waals surface area contributed by atoms with E-state index in [9.17, 15) is 9.59 Å². The van der Waals surface area contributed by atoms with Gasteiger partial charge in [0.1, 0.15) is 0 Å². The summed E-state index contributed by atoms with van der Waals surface area (Å²) < 4.78 is 5.24. The Labute approximate surface area is 142 Å². The predicted molar refractivity (Wildman–Crippen MR) is 95.0 cm³/mol. The second-order valence-electron chi connectivity index (χ2n) is 6.09. The zero-order valence-corrected chi connectivity index (χ0v) is 14.6. The van der Waals surface area contributed by atoms with Gasteiger partial charge in [-0.1, -0.05) is 30.3 Å². The minimum atomic E-state index is -0.843. The first kappa shape index (κ1) is 17.7. The number of ether oxygens (including phenoxy) is 1. The van der Waals surface area contributed by atoms with Crippen LogP contribution in [0.15, 0.2) is 42.5 Å². The Kier molecular flexibility index (Phi) is 5.74. The molecule has 4 nitrogen and oxygen atoms in total. The van der Waals surface area contributed by atoms with Crippen molar-refractivity contribution in [3.8, 4) is 0 Å². The Morgan fingerprint density at radius 1 is 1.04 bits per heavy atom. The Balaban J connectivity index is 1.90. The van der Waals surface area contributed by atoms with Crippen LogP contribution in [0.4, 0.5) is 5.69 Å². The highest BCUT2D eigenvalue weighted by molar-refractivity contribution is 5.95. The lowest BCUT2D eigenvalue weighted by molar-refractivity contribution is -0.152. The van der Waals surface area contributed by atoms with Gasteiger partial charge in [-0.15, -0.1) is 0 Å². The Morgan fingerprint density at radius 3 is 2.46 bits per heavy atom. The van der Waals surface area contributed by atoms with Gasteiger partial charge in [0.25, 0.3) is 5.91 Å². The Morgan fingerprint density at radius 2 is 1.79 bits per heavy atom. The average molecular weight is 325 g/mol. The van der Waals surface area contributed by atoms with Crippen molar-refractivity contribution in [1.29, 1.82) is 0 Å². The van der Waals surface area contributed by atoms with E-state index in [0.717, 1.165) is 16.7 Å². The van der Waals surface area contributed by atoms with Crippen LogP contribution < -0.4 is 5.32 Å². The molecule has 1 atom stereocenters. The molecule has 0 radical (unpaired) electrons. The molecule has 2 aromatic rings. The van der Waals surface area contributed by atoms with E-state index in [-0.39, 0.29) is 12.3 Å². The van der Waals surface area contributed by atoms with E-state index >= 15 is 0 Å². The number of aryl methyl sites for hydroxylation is 3. The molecular formula is C20H23NO3. The van der Waals surface area contributed by atoms with Crippen LogP contribution in [-0.2, 0) is 20.7 Å². The van der Waals surface area contributed by atoms with Crippen LogP contribution in [0, 0.1) is 20.8 Å². The van der Waals surface area contributed by atoms with Gasteiger partial charge in [0.2, 0.25) is 0 Å². The van der Waals surface area contributed by atoms with E-state index in [2.05, 4.69) is 5.32 Å². The maximum Gasteiger partial charge on any atom is 0.311 e. The number of hydrogen-bond donors (Lipinski definition) is 1. The van der Waals surface area contributed by atoms with Crippen molar-refractivity contribution < 1.29 is 14.3 Å². The van der Waals surface area contributed by atoms with Gasteiger partial charge in [-0.3, -0.25) is 9.59 Å². The monoisotopic (exact) mass is 325 g/mol. The van der Waals surface area contributed by atoms with Crippen LogP contribution in [-0.4, -0.2) is 18.0 Å². The molecule has 0 aliphatic rings. The number of esters is 1. The Bertz CT molecular complexity index is 752. The van der Waals surface area contributed by atoms with E-state index in [1.807, 2.05) is 57.2 Å². The number of nitrogens with one attached hydrogen (secondary N) is 1. The summed E-state index contributed by atoms with van der Waals surface area (Å²) in [5.74, 6) is -0.751. The minimum absolute atomic E-state index is 0.156. The molecular weight excluding hydrogens is 302 g/mol. The van der Waals surface area contributed by atoms with Gasteiger partial charge in [-0.25, -0.2) is 0 Å². The topological polar surface area (TPSA) is 55.4 Å². The Hall–Kier alpha value is -2.62. The number of carbonyl (C=O) groups excluding carboxylic acids is 2. The first-order chi connectivity index (χ1) is 11.3. The fraction of sp³-hybridized carbons (Fsp3) is 0.300. The van der Waals surface area contributed by atoms with Crippen molar-refractivity contribution in [2.75, 3.05) is 5.32 Å². The van der Waals surface area contributed by atoms with Crippen LogP contribution in [0.25, 0.3) is 0 Å². The summed E-state index contributed by atoms with van der Waals surface area (Å²) in [4.78, 5) is 24.1. The summed E-state index contributed by atoms with van der Waals surface area (Å²) in [6.45, 7) is 7.54. The number of amides is 1. The molecule has 1 unspecified atom stereocenters. The van der Waals surface area contributed by atoms with Gasteiger partial charge in [0, 0.05) is 5.69 Å². The average Bonchev–Trinajstić information content (AvgIpc) is 2.50. The van der Waals surface area contributed by atoms with Gasteiger partial charge in [-0.2, -0.15) is 0 Å². The van der Waals surface area contributed by atoms with Crippen molar-refractivity contribution in [2.45, 2.75) is 40.2 Å². The fourth-order valence-corrected chi connectivity index (χ4v) is 2.34. The molecule has 0 bridgehead atoms. The van der Waals surface area contributed by atoms with Crippen molar-refractivity contribution in [3.05, 3.63) is 64.7 Å². The molecule has 2 aromatic carbocycles. The van der Waals surface area contributed by atoms with Gasteiger partial charge in [-0.05, 0) is 62.1 Å². The lowest BCUT2D eigenvalue weighted by Crippen LogP contribution is -2.30.